The number of hydrogen-bond acceptors (Lipinski definition) is 5. The van der Waals surface area contributed by atoms with E-state index < -0.39 is 10.0 Å². The van der Waals surface area contributed by atoms with Gasteiger partial charge in [-0.15, -0.1) is 0 Å². The molecule has 2 aromatic rings. The summed E-state index contributed by atoms with van der Waals surface area (Å²) in [6.45, 7) is 0.0586. The van der Waals surface area contributed by atoms with Gasteiger partial charge in [-0.2, -0.15) is 0 Å². The molecule has 20 heavy (non-hydrogen) atoms. The molecule has 0 aliphatic carbocycles. The second-order valence-electron chi connectivity index (χ2n) is 4.22. The second-order valence-corrected chi connectivity index (χ2v) is 5.99. The zero-order valence-electron chi connectivity index (χ0n) is 10.7. The van der Waals surface area contributed by atoms with Crippen LogP contribution in [0.5, 0.6) is 0 Å². The molecule has 0 atom stereocenters. The highest BCUT2D eigenvalue weighted by Crippen LogP contribution is 2.10. The lowest BCUT2D eigenvalue weighted by molar-refractivity contribution is 0.281. The van der Waals surface area contributed by atoms with Crippen molar-refractivity contribution in [2.45, 2.75) is 18.0 Å². The number of nitrogens with zero attached hydrogens (tertiary/aromatic N) is 1. The molecular weight excluding hydrogens is 278 g/mol. The molecule has 0 saturated carbocycles. The van der Waals surface area contributed by atoms with E-state index in [0.29, 0.717) is 0 Å². The van der Waals surface area contributed by atoms with Crippen LogP contribution in [0.15, 0.2) is 47.5 Å². The molecule has 4 N–H and O–H groups in total. The summed E-state index contributed by atoms with van der Waals surface area (Å²) in [5.41, 5.74) is 6.92. The monoisotopic (exact) mass is 293 g/mol. The van der Waals surface area contributed by atoms with Crippen molar-refractivity contribution >= 4 is 15.8 Å². The highest BCUT2D eigenvalue weighted by molar-refractivity contribution is 7.89. The quantitative estimate of drug-likeness (QED) is 0.750. The van der Waals surface area contributed by atoms with E-state index in [4.69, 9.17) is 10.8 Å². The number of nitrogen functional groups attached to an aromatic ring is 1. The Hall–Kier alpha value is -1.96. The first-order chi connectivity index (χ1) is 9.51. The molecular formula is C13H15N3O3S. The minimum Gasteiger partial charge on any atom is -0.392 e. The van der Waals surface area contributed by atoms with Gasteiger partial charge in [0, 0.05) is 12.7 Å². The van der Waals surface area contributed by atoms with E-state index in [1.54, 1.807) is 24.3 Å². The maximum atomic E-state index is 12.0. The molecule has 0 saturated heterocycles. The predicted molar refractivity (Wildman–Crippen MR) is 75.0 cm³/mol. The topological polar surface area (TPSA) is 105 Å². The van der Waals surface area contributed by atoms with Crippen molar-refractivity contribution in [2.75, 3.05) is 5.73 Å². The van der Waals surface area contributed by atoms with Crippen LogP contribution in [0, 0.1) is 0 Å². The van der Waals surface area contributed by atoms with Crippen molar-refractivity contribution < 1.29 is 13.5 Å². The first-order valence-electron chi connectivity index (χ1n) is 5.91. The average Bonchev–Trinajstić information content (AvgIpc) is 2.46. The maximum Gasteiger partial charge on any atom is 0.242 e. The average molecular weight is 293 g/mol. The van der Waals surface area contributed by atoms with Gasteiger partial charge in [-0.05, 0) is 23.3 Å². The summed E-state index contributed by atoms with van der Waals surface area (Å²) in [5.74, 6) is 0.264. The van der Waals surface area contributed by atoms with Crippen molar-refractivity contribution in [2.24, 2.45) is 0 Å². The lowest BCUT2D eigenvalue weighted by Gasteiger charge is -2.07. The smallest absolute Gasteiger partial charge is 0.242 e. The van der Waals surface area contributed by atoms with Crippen molar-refractivity contribution in [3.05, 3.63) is 53.7 Å². The van der Waals surface area contributed by atoms with Crippen LogP contribution in [0.1, 0.15) is 11.1 Å². The Morgan fingerprint density at radius 3 is 2.60 bits per heavy atom. The third kappa shape index (κ3) is 3.53. The molecule has 0 spiro atoms. The number of aliphatic hydroxyl groups is 1. The molecule has 6 nitrogen and oxygen atoms in total. The number of nitrogens with two attached hydrogens (primary N) is 1. The van der Waals surface area contributed by atoms with Crippen LogP contribution in [0.4, 0.5) is 5.82 Å². The molecule has 1 aromatic carbocycles. The number of anilines is 1. The van der Waals surface area contributed by atoms with E-state index in [2.05, 4.69) is 9.71 Å². The zero-order chi connectivity index (χ0) is 14.6. The minimum atomic E-state index is -3.63. The molecule has 0 bridgehead atoms. The normalized spacial score (nSPS) is 11.4. The van der Waals surface area contributed by atoms with E-state index in [1.165, 1.54) is 18.3 Å². The first-order valence-corrected chi connectivity index (χ1v) is 7.39. The van der Waals surface area contributed by atoms with Gasteiger partial charge in [0.05, 0.1) is 6.61 Å². The van der Waals surface area contributed by atoms with Gasteiger partial charge in [0.15, 0.2) is 0 Å². The highest BCUT2D eigenvalue weighted by atomic mass is 32.2. The third-order valence-corrected chi connectivity index (χ3v) is 4.10. The number of sulfonamides is 1. The van der Waals surface area contributed by atoms with Gasteiger partial charge >= 0.3 is 0 Å². The number of rotatable bonds is 5. The van der Waals surface area contributed by atoms with Gasteiger partial charge < -0.3 is 10.8 Å². The van der Waals surface area contributed by atoms with E-state index in [1.807, 2.05) is 0 Å². The molecule has 2 rings (SSSR count). The summed E-state index contributed by atoms with van der Waals surface area (Å²) in [5, 5.41) is 9.04. The molecule has 7 heteroatoms. The Bertz CT molecular complexity index is 684. The Labute approximate surface area is 117 Å². The van der Waals surface area contributed by atoms with Crippen molar-refractivity contribution in [3.63, 3.8) is 0 Å². The van der Waals surface area contributed by atoms with Crippen LogP contribution in [0.3, 0.4) is 0 Å². The summed E-state index contributed by atoms with van der Waals surface area (Å²) in [6.07, 6.45) is 1.21. The largest absolute Gasteiger partial charge is 0.392 e. The van der Waals surface area contributed by atoms with Gasteiger partial charge in [0.25, 0.3) is 0 Å². The molecule has 0 unspecified atom stereocenters. The van der Waals surface area contributed by atoms with Gasteiger partial charge in [0.2, 0.25) is 10.0 Å². The van der Waals surface area contributed by atoms with E-state index in [9.17, 15) is 8.42 Å². The highest BCUT2D eigenvalue weighted by Gasteiger charge is 2.13. The lowest BCUT2D eigenvalue weighted by atomic mass is 10.1. The molecule has 0 fully saturated rings. The summed E-state index contributed by atoms with van der Waals surface area (Å²) in [7, 11) is -3.63. The summed E-state index contributed by atoms with van der Waals surface area (Å²) in [6, 6.07) is 9.88. The Morgan fingerprint density at radius 2 is 1.95 bits per heavy atom. The SMILES string of the molecule is Nc1ccc(S(=O)(=O)NCc2cccc(CO)c2)cn1. The van der Waals surface area contributed by atoms with E-state index >= 15 is 0 Å². The summed E-state index contributed by atoms with van der Waals surface area (Å²) in [4.78, 5) is 3.81. The fraction of sp³-hybridized carbons (Fsp3) is 0.154. The number of aliphatic hydroxyl groups excluding tert-OH is 1. The number of aromatic nitrogens is 1. The lowest BCUT2D eigenvalue weighted by Crippen LogP contribution is -2.23. The predicted octanol–water partition coefficient (Wildman–Crippen LogP) is 0.635. The van der Waals surface area contributed by atoms with Crippen LogP contribution >= 0.6 is 0 Å². The van der Waals surface area contributed by atoms with E-state index in [-0.39, 0.29) is 23.9 Å². The van der Waals surface area contributed by atoms with Gasteiger partial charge in [-0.25, -0.2) is 18.1 Å². The molecule has 1 aromatic heterocycles. The van der Waals surface area contributed by atoms with Crippen molar-refractivity contribution in [1.82, 2.24) is 9.71 Å². The van der Waals surface area contributed by atoms with Crippen molar-refractivity contribution in [3.8, 4) is 0 Å². The molecule has 1 heterocycles. The van der Waals surface area contributed by atoms with Crippen LogP contribution in [-0.2, 0) is 23.2 Å². The van der Waals surface area contributed by atoms with Crippen LogP contribution in [0.25, 0.3) is 0 Å². The standard InChI is InChI=1S/C13H15N3O3S/c14-13-5-4-12(8-15-13)20(18,19)16-7-10-2-1-3-11(6-10)9-17/h1-6,8,16-17H,7,9H2,(H2,14,15). The molecule has 0 amide bonds. The fourth-order valence-corrected chi connectivity index (χ4v) is 2.61. The van der Waals surface area contributed by atoms with Gasteiger partial charge in [0.1, 0.15) is 10.7 Å². The first kappa shape index (κ1) is 14.4. The molecule has 106 valence electrons. The zero-order valence-corrected chi connectivity index (χ0v) is 11.5. The number of benzene rings is 1. The fourth-order valence-electron chi connectivity index (χ4n) is 1.65. The van der Waals surface area contributed by atoms with Crippen LogP contribution in [0.2, 0.25) is 0 Å². The second kappa shape index (κ2) is 6.00. The number of hydrogen-bond donors (Lipinski definition) is 3. The van der Waals surface area contributed by atoms with Gasteiger partial charge in [-0.3, -0.25) is 0 Å². The Kier molecular flexibility index (Phi) is 4.33. The van der Waals surface area contributed by atoms with Crippen LogP contribution in [-0.4, -0.2) is 18.5 Å². The molecule has 0 aliphatic rings. The Morgan fingerprint density at radius 1 is 1.20 bits per heavy atom. The summed E-state index contributed by atoms with van der Waals surface area (Å²) >= 11 is 0. The maximum absolute atomic E-state index is 12.0. The Balaban J connectivity index is 2.10. The number of pyridine rings is 1. The third-order valence-electron chi connectivity index (χ3n) is 2.71. The molecule has 0 aliphatic heterocycles. The molecule has 0 radical (unpaired) electrons. The minimum absolute atomic E-state index is 0.0602. The summed E-state index contributed by atoms with van der Waals surface area (Å²) < 4.78 is 26.5. The van der Waals surface area contributed by atoms with E-state index in [0.717, 1.165) is 11.1 Å². The van der Waals surface area contributed by atoms with Crippen molar-refractivity contribution in [1.29, 1.82) is 0 Å². The van der Waals surface area contributed by atoms with Gasteiger partial charge in [-0.1, -0.05) is 24.3 Å². The number of nitrogens with one attached hydrogen (secondary N) is 1. The van der Waals surface area contributed by atoms with Crippen LogP contribution < -0.4 is 10.5 Å².